The van der Waals surface area contributed by atoms with Gasteiger partial charge < -0.3 is 15.5 Å². The van der Waals surface area contributed by atoms with Crippen LogP contribution in [0.4, 0.5) is 33.2 Å². The average Bonchev–Trinajstić information content (AvgIpc) is 2.58. The number of aryl methyl sites for hydroxylation is 1. The van der Waals surface area contributed by atoms with Crippen LogP contribution in [0.25, 0.3) is 0 Å². The van der Waals surface area contributed by atoms with Crippen molar-refractivity contribution in [1.82, 2.24) is 9.97 Å². The molecule has 1 heterocycles. The van der Waals surface area contributed by atoms with Crippen LogP contribution in [-0.2, 0) is 0 Å². The fraction of sp³-hybridized carbons (Fsp3) is 0.158. The highest BCUT2D eigenvalue weighted by Crippen LogP contribution is 2.23. The van der Waals surface area contributed by atoms with Gasteiger partial charge in [0.15, 0.2) is 0 Å². The van der Waals surface area contributed by atoms with E-state index in [0.717, 1.165) is 17.1 Å². The molecular weight excluding hydrogens is 353 g/mol. The van der Waals surface area contributed by atoms with Gasteiger partial charge in [-0.05, 0) is 49.4 Å². The van der Waals surface area contributed by atoms with Crippen LogP contribution in [0.15, 0.2) is 48.5 Å². The standard InChI is InChI=1S/C19H19ClFN5/c1-12-10-18(23-13-4-7-15(8-5-13)26(2)3)25-19(22-12)24-14-6-9-17(21)16(20)11-14/h4-11H,1-3H3,(H2,22,23,24,25). The minimum Gasteiger partial charge on any atom is -0.378 e. The molecule has 26 heavy (non-hydrogen) atoms. The molecule has 0 aliphatic rings. The lowest BCUT2D eigenvalue weighted by Crippen LogP contribution is -2.08. The van der Waals surface area contributed by atoms with Crippen molar-refractivity contribution < 1.29 is 4.39 Å². The highest BCUT2D eigenvalue weighted by molar-refractivity contribution is 6.31. The summed E-state index contributed by atoms with van der Waals surface area (Å²) in [6.45, 7) is 1.88. The first-order valence-corrected chi connectivity index (χ1v) is 8.41. The third-order valence-corrected chi connectivity index (χ3v) is 3.98. The summed E-state index contributed by atoms with van der Waals surface area (Å²) in [4.78, 5) is 10.8. The molecule has 3 aromatic rings. The molecule has 7 heteroatoms. The first-order chi connectivity index (χ1) is 12.4. The van der Waals surface area contributed by atoms with Crippen LogP contribution in [0.3, 0.4) is 0 Å². The summed E-state index contributed by atoms with van der Waals surface area (Å²) in [5.41, 5.74) is 3.45. The zero-order valence-electron chi connectivity index (χ0n) is 14.7. The van der Waals surface area contributed by atoms with Gasteiger partial charge in [-0.25, -0.2) is 9.37 Å². The first-order valence-electron chi connectivity index (χ1n) is 8.03. The molecule has 0 aliphatic carbocycles. The van der Waals surface area contributed by atoms with Gasteiger partial charge in [0.2, 0.25) is 5.95 Å². The Bertz CT molecular complexity index is 912. The van der Waals surface area contributed by atoms with Gasteiger partial charge in [0.05, 0.1) is 5.02 Å². The van der Waals surface area contributed by atoms with E-state index in [-0.39, 0.29) is 5.02 Å². The van der Waals surface area contributed by atoms with Gasteiger partial charge in [-0.15, -0.1) is 0 Å². The largest absolute Gasteiger partial charge is 0.378 e. The van der Waals surface area contributed by atoms with Gasteiger partial charge >= 0.3 is 0 Å². The van der Waals surface area contributed by atoms with E-state index in [1.54, 1.807) is 6.07 Å². The second kappa shape index (κ2) is 7.58. The number of benzene rings is 2. The summed E-state index contributed by atoms with van der Waals surface area (Å²) in [5.74, 6) is 0.594. The third kappa shape index (κ3) is 4.40. The van der Waals surface area contributed by atoms with Gasteiger partial charge in [0.25, 0.3) is 0 Å². The second-order valence-electron chi connectivity index (χ2n) is 6.04. The summed E-state index contributed by atoms with van der Waals surface area (Å²) >= 11 is 5.81. The number of rotatable bonds is 5. The van der Waals surface area contributed by atoms with Crippen molar-refractivity contribution in [2.75, 3.05) is 29.6 Å². The predicted octanol–water partition coefficient (Wildman–Crippen LogP) is 5.13. The molecule has 0 radical (unpaired) electrons. The Morgan fingerprint density at radius 3 is 2.27 bits per heavy atom. The van der Waals surface area contributed by atoms with Crippen LogP contribution < -0.4 is 15.5 Å². The van der Waals surface area contributed by atoms with E-state index in [4.69, 9.17) is 11.6 Å². The summed E-state index contributed by atoms with van der Waals surface area (Å²) in [5, 5.41) is 6.35. The maximum Gasteiger partial charge on any atom is 0.229 e. The lowest BCUT2D eigenvalue weighted by atomic mass is 10.2. The van der Waals surface area contributed by atoms with Crippen LogP contribution in [0.2, 0.25) is 5.02 Å². The molecule has 0 unspecified atom stereocenters. The minimum absolute atomic E-state index is 0.0435. The molecule has 134 valence electrons. The Morgan fingerprint density at radius 1 is 0.923 bits per heavy atom. The van der Waals surface area contributed by atoms with Crippen molar-refractivity contribution in [2.45, 2.75) is 6.92 Å². The topological polar surface area (TPSA) is 53.1 Å². The molecule has 0 atom stereocenters. The van der Waals surface area contributed by atoms with E-state index >= 15 is 0 Å². The van der Waals surface area contributed by atoms with Gasteiger partial charge in [-0.3, -0.25) is 0 Å². The van der Waals surface area contributed by atoms with Gasteiger partial charge in [0.1, 0.15) is 11.6 Å². The Morgan fingerprint density at radius 2 is 1.62 bits per heavy atom. The smallest absolute Gasteiger partial charge is 0.229 e. The molecule has 0 aliphatic heterocycles. The fourth-order valence-electron chi connectivity index (χ4n) is 2.38. The van der Waals surface area contributed by atoms with Crippen LogP contribution in [-0.4, -0.2) is 24.1 Å². The molecular formula is C19H19ClFN5. The molecule has 0 saturated heterocycles. The quantitative estimate of drug-likeness (QED) is 0.651. The molecule has 5 nitrogen and oxygen atoms in total. The van der Waals surface area contributed by atoms with Crippen molar-refractivity contribution in [3.63, 3.8) is 0 Å². The van der Waals surface area contributed by atoms with E-state index in [2.05, 4.69) is 20.6 Å². The Hall–Kier alpha value is -2.86. The second-order valence-corrected chi connectivity index (χ2v) is 6.45. The van der Waals surface area contributed by atoms with Crippen molar-refractivity contribution in [2.24, 2.45) is 0 Å². The van der Waals surface area contributed by atoms with Crippen LogP contribution in [0, 0.1) is 12.7 Å². The van der Waals surface area contributed by atoms with E-state index in [9.17, 15) is 4.39 Å². The fourth-order valence-corrected chi connectivity index (χ4v) is 2.56. The normalized spacial score (nSPS) is 10.5. The number of hydrogen-bond donors (Lipinski definition) is 2. The molecule has 1 aromatic heterocycles. The SMILES string of the molecule is Cc1cc(Nc2ccc(N(C)C)cc2)nc(Nc2ccc(F)c(Cl)c2)n1. The highest BCUT2D eigenvalue weighted by atomic mass is 35.5. The number of hydrogen-bond acceptors (Lipinski definition) is 5. The highest BCUT2D eigenvalue weighted by Gasteiger charge is 2.06. The van der Waals surface area contributed by atoms with Crippen LogP contribution >= 0.6 is 11.6 Å². The molecule has 2 N–H and O–H groups in total. The molecule has 0 saturated carbocycles. The lowest BCUT2D eigenvalue weighted by molar-refractivity contribution is 0.628. The maximum atomic E-state index is 13.3. The molecule has 0 fully saturated rings. The lowest BCUT2D eigenvalue weighted by Gasteiger charge is -2.14. The van der Waals surface area contributed by atoms with Gasteiger partial charge in [-0.1, -0.05) is 11.6 Å². The predicted molar refractivity (Wildman–Crippen MR) is 106 cm³/mol. The zero-order chi connectivity index (χ0) is 18.7. The van der Waals surface area contributed by atoms with Crippen molar-refractivity contribution >= 4 is 40.4 Å². The average molecular weight is 372 g/mol. The van der Waals surface area contributed by atoms with E-state index < -0.39 is 5.82 Å². The van der Waals surface area contributed by atoms with Gasteiger partial charge in [-0.2, -0.15) is 4.98 Å². The molecule has 0 amide bonds. The zero-order valence-corrected chi connectivity index (χ0v) is 15.5. The third-order valence-electron chi connectivity index (χ3n) is 3.69. The monoisotopic (exact) mass is 371 g/mol. The van der Waals surface area contributed by atoms with Gasteiger partial charge in [0, 0.05) is 42.9 Å². The van der Waals surface area contributed by atoms with Crippen molar-refractivity contribution in [1.29, 1.82) is 0 Å². The molecule has 3 rings (SSSR count). The number of anilines is 5. The summed E-state index contributed by atoms with van der Waals surface area (Å²) in [6.07, 6.45) is 0. The Balaban J connectivity index is 1.79. The summed E-state index contributed by atoms with van der Waals surface area (Å²) in [6, 6.07) is 14.2. The summed E-state index contributed by atoms with van der Waals surface area (Å²) in [7, 11) is 3.99. The van der Waals surface area contributed by atoms with E-state index in [0.29, 0.717) is 17.5 Å². The summed E-state index contributed by atoms with van der Waals surface area (Å²) < 4.78 is 13.3. The number of nitrogens with one attached hydrogen (secondary N) is 2. The van der Waals surface area contributed by atoms with Crippen molar-refractivity contribution in [3.8, 4) is 0 Å². The number of nitrogens with zero attached hydrogens (tertiary/aromatic N) is 3. The maximum absolute atomic E-state index is 13.3. The molecule has 0 bridgehead atoms. The van der Waals surface area contributed by atoms with Crippen LogP contribution in [0.1, 0.15) is 5.69 Å². The number of halogens is 2. The Kier molecular flexibility index (Phi) is 5.23. The van der Waals surface area contributed by atoms with Crippen molar-refractivity contribution in [3.05, 3.63) is 65.1 Å². The molecule has 0 spiro atoms. The van der Waals surface area contributed by atoms with E-state index in [1.165, 1.54) is 12.1 Å². The van der Waals surface area contributed by atoms with Crippen LogP contribution in [0.5, 0.6) is 0 Å². The van der Waals surface area contributed by atoms with E-state index in [1.807, 2.05) is 56.3 Å². The Labute approximate surface area is 156 Å². The molecule has 2 aromatic carbocycles. The minimum atomic E-state index is -0.467. The number of aromatic nitrogens is 2. The first kappa shape index (κ1) is 17.9.